The zero-order chi connectivity index (χ0) is 8.10. The molecule has 0 aromatic carbocycles. The first-order valence-electron chi connectivity index (χ1n) is 3.18. The molecule has 0 bridgehead atoms. The van der Waals surface area contributed by atoms with E-state index in [1.807, 2.05) is 0 Å². The number of rotatable bonds is 4. The Morgan fingerprint density at radius 2 is 2.64 bits per heavy atom. The lowest BCUT2D eigenvalue weighted by molar-refractivity contribution is -0.128. The minimum Gasteiger partial charge on any atom is -0.467 e. The summed E-state index contributed by atoms with van der Waals surface area (Å²) in [4.78, 5) is 9.73. The predicted molar refractivity (Wildman–Crippen MR) is 38.7 cm³/mol. The molecule has 0 radical (unpaired) electrons. The first kappa shape index (κ1) is 7.59. The molecule has 3 N–H and O–H groups in total. The number of aromatic amines is 1. The molecule has 0 atom stereocenters. The number of carbonyl (C=O) groups excluding carboxylic acids is 1. The number of hydrogen-bond acceptors (Lipinski definition) is 4. The lowest BCUT2D eigenvalue weighted by Gasteiger charge is -1.93. The Labute approximate surface area is 63.5 Å². The zero-order valence-corrected chi connectivity index (χ0v) is 5.91. The van der Waals surface area contributed by atoms with E-state index >= 15 is 0 Å². The van der Waals surface area contributed by atoms with E-state index in [9.17, 15) is 4.79 Å². The van der Waals surface area contributed by atoms with Gasteiger partial charge in [-0.05, 0) is 0 Å². The average molecular weight is 155 g/mol. The van der Waals surface area contributed by atoms with Gasteiger partial charge in [-0.25, -0.2) is 0 Å². The fourth-order valence-corrected chi connectivity index (χ4v) is 0.724. The van der Waals surface area contributed by atoms with Gasteiger partial charge < -0.3 is 10.5 Å². The van der Waals surface area contributed by atoms with E-state index in [4.69, 9.17) is 5.73 Å². The van der Waals surface area contributed by atoms with Crippen LogP contribution in [0.3, 0.4) is 0 Å². The van der Waals surface area contributed by atoms with Crippen LogP contribution in [0.5, 0.6) is 0 Å². The maximum atomic E-state index is 9.73. The Morgan fingerprint density at radius 1 is 1.82 bits per heavy atom. The maximum absolute atomic E-state index is 9.73. The Balaban J connectivity index is 2.32. The molecule has 5 nitrogen and oxygen atoms in total. The fraction of sp³-hybridized carbons (Fsp3) is 0.333. The number of nitrogens with one attached hydrogen (secondary N) is 1. The van der Waals surface area contributed by atoms with E-state index in [-0.39, 0.29) is 0 Å². The van der Waals surface area contributed by atoms with Crippen LogP contribution in [0.1, 0.15) is 5.69 Å². The van der Waals surface area contributed by atoms with Crippen molar-refractivity contribution in [2.24, 2.45) is 0 Å². The molecule has 1 heterocycles. The molecular weight excluding hydrogens is 146 g/mol. The van der Waals surface area contributed by atoms with Gasteiger partial charge in [0.25, 0.3) is 6.47 Å². The van der Waals surface area contributed by atoms with Gasteiger partial charge in [-0.2, -0.15) is 5.10 Å². The molecule has 0 fully saturated rings. The number of nitrogen functional groups attached to an aromatic ring is 1. The van der Waals surface area contributed by atoms with Crippen LogP contribution in [0.4, 0.5) is 5.82 Å². The summed E-state index contributed by atoms with van der Waals surface area (Å²) in [5.74, 6) is 0.450. The molecule has 0 saturated heterocycles. The monoisotopic (exact) mass is 155 g/mol. The Hall–Kier alpha value is -1.52. The van der Waals surface area contributed by atoms with Crippen LogP contribution in [0.15, 0.2) is 6.07 Å². The normalized spacial score (nSPS) is 9.45. The Kier molecular flexibility index (Phi) is 2.48. The van der Waals surface area contributed by atoms with Crippen LogP contribution in [0.2, 0.25) is 0 Å². The number of carbonyl (C=O) groups is 1. The second kappa shape index (κ2) is 3.60. The van der Waals surface area contributed by atoms with Crippen molar-refractivity contribution in [2.75, 3.05) is 12.3 Å². The number of hydrogen-bond donors (Lipinski definition) is 2. The van der Waals surface area contributed by atoms with Gasteiger partial charge in [0.15, 0.2) is 0 Å². The van der Waals surface area contributed by atoms with E-state index in [1.54, 1.807) is 6.07 Å². The molecule has 0 aliphatic carbocycles. The summed E-state index contributed by atoms with van der Waals surface area (Å²) in [5.41, 5.74) is 6.20. The van der Waals surface area contributed by atoms with Crippen LogP contribution in [-0.4, -0.2) is 23.3 Å². The average Bonchev–Trinajstić information content (AvgIpc) is 2.37. The first-order valence-corrected chi connectivity index (χ1v) is 3.18. The quantitative estimate of drug-likeness (QED) is 0.462. The highest BCUT2D eigenvalue weighted by molar-refractivity contribution is 5.37. The van der Waals surface area contributed by atoms with Crippen molar-refractivity contribution in [3.05, 3.63) is 11.8 Å². The second-order valence-corrected chi connectivity index (χ2v) is 2.04. The van der Waals surface area contributed by atoms with Gasteiger partial charge in [-0.3, -0.25) is 9.89 Å². The van der Waals surface area contributed by atoms with Gasteiger partial charge in [-0.1, -0.05) is 0 Å². The second-order valence-electron chi connectivity index (χ2n) is 2.04. The largest absolute Gasteiger partial charge is 0.467 e. The predicted octanol–water partition coefficient (Wildman–Crippen LogP) is -0.293. The first-order chi connectivity index (χ1) is 5.33. The standard InChI is InChI=1S/C6H9N3O2/c7-6-3-5(8-9-6)1-2-11-4-10/h3-4H,1-2H2,(H3,7,8,9). The van der Waals surface area contributed by atoms with Crippen LogP contribution >= 0.6 is 0 Å². The van der Waals surface area contributed by atoms with Gasteiger partial charge in [0.2, 0.25) is 0 Å². The SMILES string of the molecule is Nc1cc(CCOC=O)[nH]n1. The van der Waals surface area contributed by atoms with Crippen molar-refractivity contribution >= 4 is 12.3 Å². The third kappa shape index (κ3) is 2.29. The van der Waals surface area contributed by atoms with Crippen LogP contribution in [-0.2, 0) is 16.0 Å². The van der Waals surface area contributed by atoms with Gasteiger partial charge in [0, 0.05) is 18.2 Å². The number of nitrogens with two attached hydrogens (primary N) is 1. The molecule has 5 heteroatoms. The highest BCUT2D eigenvalue weighted by atomic mass is 16.5. The highest BCUT2D eigenvalue weighted by Gasteiger charge is 1.96. The van der Waals surface area contributed by atoms with Gasteiger partial charge >= 0.3 is 0 Å². The Morgan fingerprint density at radius 3 is 3.18 bits per heavy atom. The van der Waals surface area contributed by atoms with E-state index in [1.165, 1.54) is 0 Å². The van der Waals surface area contributed by atoms with Crippen molar-refractivity contribution < 1.29 is 9.53 Å². The van der Waals surface area contributed by atoms with E-state index < -0.39 is 0 Å². The van der Waals surface area contributed by atoms with Gasteiger partial charge in [-0.15, -0.1) is 0 Å². The lowest BCUT2D eigenvalue weighted by Crippen LogP contribution is -1.96. The molecule has 0 aliphatic heterocycles. The molecular formula is C6H9N3O2. The molecule has 1 rings (SSSR count). The molecule has 11 heavy (non-hydrogen) atoms. The van der Waals surface area contributed by atoms with E-state index in [0.717, 1.165) is 5.69 Å². The molecule has 60 valence electrons. The van der Waals surface area contributed by atoms with E-state index in [0.29, 0.717) is 25.3 Å². The number of aromatic nitrogens is 2. The van der Waals surface area contributed by atoms with Crippen molar-refractivity contribution in [1.29, 1.82) is 0 Å². The van der Waals surface area contributed by atoms with E-state index in [2.05, 4.69) is 14.9 Å². The summed E-state index contributed by atoms with van der Waals surface area (Å²) >= 11 is 0. The number of anilines is 1. The molecule has 0 aliphatic rings. The molecule has 0 unspecified atom stereocenters. The van der Waals surface area contributed by atoms with Crippen molar-refractivity contribution in [1.82, 2.24) is 10.2 Å². The molecule has 1 aromatic rings. The third-order valence-corrected chi connectivity index (χ3v) is 1.21. The summed E-state index contributed by atoms with van der Waals surface area (Å²) in [6, 6.07) is 1.70. The summed E-state index contributed by atoms with van der Waals surface area (Å²) < 4.78 is 4.48. The summed E-state index contributed by atoms with van der Waals surface area (Å²) in [6.07, 6.45) is 0.614. The van der Waals surface area contributed by atoms with Crippen molar-refractivity contribution in [3.8, 4) is 0 Å². The van der Waals surface area contributed by atoms with Crippen LogP contribution in [0.25, 0.3) is 0 Å². The van der Waals surface area contributed by atoms with Crippen LogP contribution < -0.4 is 5.73 Å². The summed E-state index contributed by atoms with van der Waals surface area (Å²) in [5, 5.41) is 6.40. The number of H-pyrrole nitrogens is 1. The zero-order valence-electron chi connectivity index (χ0n) is 5.91. The van der Waals surface area contributed by atoms with Crippen molar-refractivity contribution in [3.63, 3.8) is 0 Å². The molecule has 0 saturated carbocycles. The van der Waals surface area contributed by atoms with Crippen LogP contribution in [0, 0.1) is 0 Å². The maximum Gasteiger partial charge on any atom is 0.293 e. The molecule has 0 amide bonds. The third-order valence-electron chi connectivity index (χ3n) is 1.21. The topological polar surface area (TPSA) is 81.0 Å². The Bertz CT molecular complexity index is 233. The summed E-state index contributed by atoms with van der Waals surface area (Å²) in [6.45, 7) is 0.769. The smallest absolute Gasteiger partial charge is 0.293 e. The highest BCUT2D eigenvalue weighted by Crippen LogP contribution is 2.00. The summed E-state index contributed by atoms with van der Waals surface area (Å²) in [7, 11) is 0. The minimum atomic E-state index is 0.352. The number of nitrogens with zero attached hydrogens (tertiary/aromatic N) is 1. The molecule has 1 aromatic heterocycles. The van der Waals surface area contributed by atoms with Gasteiger partial charge in [0.05, 0.1) is 6.61 Å². The lowest BCUT2D eigenvalue weighted by atomic mass is 10.3. The fourth-order valence-electron chi connectivity index (χ4n) is 0.724. The molecule has 0 spiro atoms. The van der Waals surface area contributed by atoms with Gasteiger partial charge in [0.1, 0.15) is 5.82 Å². The van der Waals surface area contributed by atoms with Crippen molar-refractivity contribution in [2.45, 2.75) is 6.42 Å². The number of ether oxygens (including phenoxy) is 1. The minimum absolute atomic E-state index is 0.352.